The summed E-state index contributed by atoms with van der Waals surface area (Å²) in [5, 5.41) is 0. The molecular weight excluding hydrogens is 212 g/mol. The molecule has 0 N–H and O–H groups in total. The van der Waals surface area contributed by atoms with E-state index >= 15 is 0 Å². The molecule has 0 aliphatic carbocycles. The lowest BCUT2D eigenvalue weighted by atomic mass is 10.0. The highest BCUT2D eigenvalue weighted by Gasteiger charge is 2.16. The molecule has 1 unspecified atom stereocenters. The van der Waals surface area contributed by atoms with Crippen LogP contribution in [0.4, 0.5) is 0 Å². The number of ether oxygens (including phenoxy) is 1. The zero-order valence-electron chi connectivity index (χ0n) is 11.0. The third kappa shape index (κ3) is 5.53. The zero-order chi connectivity index (χ0) is 12.7. The van der Waals surface area contributed by atoms with E-state index in [1.54, 1.807) is 0 Å². The second-order valence-corrected chi connectivity index (χ2v) is 4.80. The van der Waals surface area contributed by atoms with Gasteiger partial charge in [0.15, 0.2) is 0 Å². The number of rotatable bonds is 5. The van der Waals surface area contributed by atoms with Crippen LogP contribution in [0.2, 0.25) is 0 Å². The quantitative estimate of drug-likeness (QED) is 0.411. The molecule has 0 radical (unpaired) electrons. The Labute approximate surface area is 104 Å². The molecule has 0 bridgehead atoms. The molecule has 0 aromatic rings. The molecule has 1 atom stereocenters. The monoisotopic (exact) mass is 234 g/mol. The minimum Gasteiger partial charge on any atom is -0.462 e. The van der Waals surface area contributed by atoms with E-state index in [1.165, 1.54) is 5.57 Å². The van der Waals surface area contributed by atoms with Crippen molar-refractivity contribution in [2.45, 2.75) is 40.0 Å². The average Bonchev–Trinajstić information content (AvgIpc) is 2.64. The normalized spacial score (nSPS) is 19.7. The summed E-state index contributed by atoms with van der Waals surface area (Å²) in [7, 11) is 0. The van der Waals surface area contributed by atoms with Crippen molar-refractivity contribution < 1.29 is 9.53 Å². The molecule has 2 heteroatoms. The van der Waals surface area contributed by atoms with Gasteiger partial charge in [-0.05, 0) is 32.6 Å². The van der Waals surface area contributed by atoms with E-state index < -0.39 is 0 Å². The number of carbonyl (C=O) groups is 1. The summed E-state index contributed by atoms with van der Waals surface area (Å²) >= 11 is 0. The Morgan fingerprint density at radius 2 is 2.24 bits per heavy atom. The van der Waals surface area contributed by atoms with Gasteiger partial charge in [0.1, 0.15) is 0 Å². The minimum absolute atomic E-state index is 0.160. The molecule has 0 aromatic carbocycles. The standard InChI is InChI=1S/C15H22O2/c1-12(2)6-4-7-13(3)8-5-9-14-10-11-17-15(14)16/h5-6,8-9,13H,4,7,10-11H2,1-3H3/b8-5+,14-9+. The van der Waals surface area contributed by atoms with Gasteiger partial charge in [-0.3, -0.25) is 0 Å². The minimum atomic E-state index is -0.160. The number of hydrogen-bond acceptors (Lipinski definition) is 2. The van der Waals surface area contributed by atoms with Crippen LogP contribution in [-0.2, 0) is 9.53 Å². The van der Waals surface area contributed by atoms with E-state index in [2.05, 4.69) is 32.9 Å². The molecular formula is C15H22O2. The lowest BCUT2D eigenvalue weighted by Gasteiger charge is -2.02. The summed E-state index contributed by atoms with van der Waals surface area (Å²) < 4.78 is 4.87. The van der Waals surface area contributed by atoms with Gasteiger partial charge in [0, 0.05) is 12.0 Å². The second-order valence-electron chi connectivity index (χ2n) is 4.80. The number of carbonyl (C=O) groups excluding carboxylic acids is 1. The van der Waals surface area contributed by atoms with E-state index in [0.717, 1.165) is 24.8 Å². The highest BCUT2D eigenvalue weighted by Crippen LogP contribution is 2.14. The Morgan fingerprint density at radius 1 is 1.47 bits per heavy atom. The van der Waals surface area contributed by atoms with E-state index in [-0.39, 0.29) is 5.97 Å². The molecule has 0 aromatic heterocycles. The zero-order valence-corrected chi connectivity index (χ0v) is 11.0. The van der Waals surface area contributed by atoms with Gasteiger partial charge >= 0.3 is 5.97 Å². The summed E-state index contributed by atoms with van der Waals surface area (Å²) in [6, 6.07) is 0. The van der Waals surface area contributed by atoms with Crippen LogP contribution >= 0.6 is 0 Å². The van der Waals surface area contributed by atoms with E-state index in [0.29, 0.717) is 12.5 Å². The third-order valence-corrected chi connectivity index (χ3v) is 2.78. The average molecular weight is 234 g/mol. The fourth-order valence-electron chi connectivity index (χ4n) is 1.69. The highest BCUT2D eigenvalue weighted by atomic mass is 16.5. The van der Waals surface area contributed by atoms with E-state index in [1.807, 2.05) is 12.2 Å². The molecule has 1 rings (SSSR count). The van der Waals surface area contributed by atoms with Gasteiger partial charge in [-0.25, -0.2) is 4.79 Å². The van der Waals surface area contributed by atoms with Crippen molar-refractivity contribution >= 4 is 5.97 Å². The van der Waals surface area contributed by atoms with Gasteiger partial charge < -0.3 is 4.74 Å². The first-order valence-electron chi connectivity index (χ1n) is 6.27. The van der Waals surface area contributed by atoms with Crippen LogP contribution in [-0.4, -0.2) is 12.6 Å². The molecule has 0 saturated carbocycles. The summed E-state index contributed by atoms with van der Waals surface area (Å²) in [5.74, 6) is 0.381. The van der Waals surface area contributed by atoms with Crippen molar-refractivity contribution in [2.24, 2.45) is 5.92 Å². The Morgan fingerprint density at radius 3 is 2.82 bits per heavy atom. The predicted octanol–water partition coefficient (Wildman–Crippen LogP) is 3.80. The van der Waals surface area contributed by atoms with Crippen LogP contribution in [0.15, 0.2) is 35.5 Å². The number of cyclic esters (lactones) is 1. The fourth-order valence-corrected chi connectivity index (χ4v) is 1.69. The first-order chi connectivity index (χ1) is 8.09. The maximum atomic E-state index is 11.2. The summed E-state index contributed by atoms with van der Waals surface area (Å²) in [4.78, 5) is 11.2. The Bertz CT molecular complexity index is 344. The van der Waals surface area contributed by atoms with Crippen LogP contribution in [0.3, 0.4) is 0 Å². The van der Waals surface area contributed by atoms with Crippen molar-refractivity contribution in [3.05, 3.63) is 35.5 Å². The van der Waals surface area contributed by atoms with Crippen LogP contribution < -0.4 is 0 Å². The molecule has 0 spiro atoms. The Hall–Kier alpha value is -1.31. The smallest absolute Gasteiger partial charge is 0.334 e. The topological polar surface area (TPSA) is 26.3 Å². The van der Waals surface area contributed by atoms with E-state index in [9.17, 15) is 4.79 Å². The van der Waals surface area contributed by atoms with Gasteiger partial charge in [0.25, 0.3) is 0 Å². The molecule has 1 aliphatic rings. The van der Waals surface area contributed by atoms with Gasteiger partial charge in [-0.1, -0.05) is 36.8 Å². The Balaban J connectivity index is 2.33. The number of hydrogen-bond donors (Lipinski definition) is 0. The van der Waals surface area contributed by atoms with Crippen LogP contribution in [0.1, 0.15) is 40.0 Å². The van der Waals surface area contributed by atoms with Crippen molar-refractivity contribution in [1.29, 1.82) is 0 Å². The van der Waals surface area contributed by atoms with Gasteiger partial charge in [-0.2, -0.15) is 0 Å². The maximum Gasteiger partial charge on any atom is 0.334 e. The lowest BCUT2D eigenvalue weighted by Crippen LogP contribution is -1.94. The lowest BCUT2D eigenvalue weighted by molar-refractivity contribution is -0.135. The Kier molecular flexibility index (Phi) is 5.75. The number of esters is 1. The third-order valence-electron chi connectivity index (χ3n) is 2.78. The van der Waals surface area contributed by atoms with Crippen LogP contribution in [0.5, 0.6) is 0 Å². The van der Waals surface area contributed by atoms with E-state index in [4.69, 9.17) is 4.74 Å². The van der Waals surface area contributed by atoms with Crippen LogP contribution in [0, 0.1) is 5.92 Å². The molecule has 2 nitrogen and oxygen atoms in total. The fraction of sp³-hybridized carbons (Fsp3) is 0.533. The largest absolute Gasteiger partial charge is 0.462 e. The summed E-state index contributed by atoms with van der Waals surface area (Å²) in [6.45, 7) is 6.97. The predicted molar refractivity (Wildman–Crippen MR) is 70.6 cm³/mol. The molecule has 1 fully saturated rings. The SMILES string of the molecule is CC(C)=CCCC(C)/C=C/C=C1\CCOC1=O. The first kappa shape index (κ1) is 13.8. The van der Waals surface area contributed by atoms with Crippen molar-refractivity contribution in [3.63, 3.8) is 0 Å². The summed E-state index contributed by atoms with van der Waals surface area (Å²) in [5.41, 5.74) is 2.16. The number of allylic oxidation sites excluding steroid dienone is 5. The highest BCUT2D eigenvalue weighted by molar-refractivity contribution is 5.90. The van der Waals surface area contributed by atoms with Crippen molar-refractivity contribution in [1.82, 2.24) is 0 Å². The maximum absolute atomic E-state index is 11.2. The van der Waals surface area contributed by atoms with Crippen LogP contribution in [0.25, 0.3) is 0 Å². The molecule has 1 saturated heterocycles. The van der Waals surface area contributed by atoms with Gasteiger partial charge in [0.05, 0.1) is 6.61 Å². The molecule has 1 aliphatic heterocycles. The second kappa shape index (κ2) is 7.10. The van der Waals surface area contributed by atoms with Gasteiger partial charge in [0.2, 0.25) is 0 Å². The summed E-state index contributed by atoms with van der Waals surface area (Å²) in [6.07, 6.45) is 11.3. The molecule has 17 heavy (non-hydrogen) atoms. The first-order valence-corrected chi connectivity index (χ1v) is 6.27. The van der Waals surface area contributed by atoms with Crippen molar-refractivity contribution in [3.8, 4) is 0 Å². The molecule has 94 valence electrons. The molecule has 1 heterocycles. The molecule has 0 amide bonds. The van der Waals surface area contributed by atoms with Crippen molar-refractivity contribution in [2.75, 3.05) is 6.61 Å². The van der Waals surface area contributed by atoms with Gasteiger partial charge in [-0.15, -0.1) is 0 Å².